The SMILES string of the molecule is O=Cc1c(-c2ccc(Br)cc2)nc2sc(-c3ccco3)nn12. The van der Waals surface area contributed by atoms with Crippen LogP contribution in [0.25, 0.3) is 27.0 Å². The van der Waals surface area contributed by atoms with Crippen LogP contribution >= 0.6 is 27.3 Å². The lowest BCUT2D eigenvalue weighted by molar-refractivity contribution is 0.111. The van der Waals surface area contributed by atoms with E-state index >= 15 is 0 Å². The Balaban J connectivity index is 1.89. The van der Waals surface area contributed by atoms with Crippen LogP contribution in [0.4, 0.5) is 0 Å². The number of hydrogen-bond donors (Lipinski definition) is 0. The average molecular weight is 374 g/mol. The number of aldehydes is 1. The highest BCUT2D eigenvalue weighted by Gasteiger charge is 2.18. The molecule has 3 aromatic heterocycles. The maximum Gasteiger partial charge on any atom is 0.213 e. The van der Waals surface area contributed by atoms with Crippen molar-refractivity contribution < 1.29 is 9.21 Å². The summed E-state index contributed by atoms with van der Waals surface area (Å²) in [5.74, 6) is 0.664. The van der Waals surface area contributed by atoms with Crippen LogP contribution < -0.4 is 0 Å². The lowest BCUT2D eigenvalue weighted by atomic mass is 10.1. The zero-order valence-corrected chi connectivity index (χ0v) is 13.5. The first-order valence-electron chi connectivity index (χ1n) is 6.41. The summed E-state index contributed by atoms with van der Waals surface area (Å²) in [5.41, 5.74) is 1.95. The number of halogens is 1. The molecular weight excluding hydrogens is 366 g/mol. The van der Waals surface area contributed by atoms with Gasteiger partial charge in [-0.2, -0.15) is 9.61 Å². The van der Waals surface area contributed by atoms with Crippen molar-refractivity contribution in [2.45, 2.75) is 0 Å². The molecule has 0 unspecified atom stereocenters. The van der Waals surface area contributed by atoms with Crippen molar-refractivity contribution in [2.24, 2.45) is 0 Å². The first-order chi connectivity index (χ1) is 10.8. The van der Waals surface area contributed by atoms with Gasteiger partial charge in [0, 0.05) is 10.0 Å². The zero-order valence-electron chi connectivity index (χ0n) is 11.1. The first-order valence-corrected chi connectivity index (χ1v) is 8.02. The highest BCUT2D eigenvalue weighted by atomic mass is 79.9. The van der Waals surface area contributed by atoms with Gasteiger partial charge < -0.3 is 4.42 Å². The number of nitrogens with zero attached hydrogens (tertiary/aromatic N) is 3. The number of carbonyl (C=O) groups excluding carboxylic acids is 1. The number of fused-ring (bicyclic) bond motifs is 1. The van der Waals surface area contributed by atoms with Crippen LogP contribution in [0.5, 0.6) is 0 Å². The van der Waals surface area contributed by atoms with Gasteiger partial charge in [-0.1, -0.05) is 39.4 Å². The van der Waals surface area contributed by atoms with E-state index in [9.17, 15) is 4.79 Å². The number of imidazole rings is 1. The van der Waals surface area contributed by atoms with E-state index in [0.717, 1.165) is 16.3 Å². The molecule has 108 valence electrons. The Morgan fingerprint density at radius 3 is 2.73 bits per heavy atom. The van der Waals surface area contributed by atoms with Crippen molar-refractivity contribution >= 4 is 38.5 Å². The van der Waals surface area contributed by atoms with E-state index in [-0.39, 0.29) is 0 Å². The summed E-state index contributed by atoms with van der Waals surface area (Å²) in [4.78, 5) is 16.7. The standard InChI is InChI=1S/C15H8BrN3O2S/c16-10-5-3-9(4-6-10)13-11(8-20)19-15(17-13)22-14(18-19)12-2-1-7-21-12/h1-8H. The molecule has 4 aromatic rings. The van der Waals surface area contributed by atoms with E-state index in [2.05, 4.69) is 26.0 Å². The lowest BCUT2D eigenvalue weighted by Gasteiger charge is -1.98. The number of furan rings is 1. The molecule has 0 atom stereocenters. The second-order valence-corrected chi connectivity index (χ2v) is 6.42. The number of rotatable bonds is 3. The minimum absolute atomic E-state index is 0.436. The molecule has 7 heteroatoms. The zero-order chi connectivity index (χ0) is 15.1. The van der Waals surface area contributed by atoms with Gasteiger partial charge in [-0.3, -0.25) is 4.79 Å². The molecule has 0 bridgehead atoms. The van der Waals surface area contributed by atoms with Crippen LogP contribution in [0.2, 0.25) is 0 Å². The third kappa shape index (κ3) is 2.10. The largest absolute Gasteiger partial charge is 0.462 e. The predicted molar refractivity (Wildman–Crippen MR) is 87.1 cm³/mol. The second kappa shape index (κ2) is 5.19. The van der Waals surface area contributed by atoms with Crippen molar-refractivity contribution in [1.82, 2.24) is 14.6 Å². The van der Waals surface area contributed by atoms with E-state index in [1.54, 1.807) is 16.8 Å². The van der Waals surface area contributed by atoms with Gasteiger partial charge in [0.1, 0.15) is 11.4 Å². The Labute approximate surface area is 137 Å². The number of aromatic nitrogens is 3. The number of benzene rings is 1. The van der Waals surface area contributed by atoms with Crippen molar-refractivity contribution in [3.05, 3.63) is 52.8 Å². The van der Waals surface area contributed by atoms with Gasteiger partial charge in [0.2, 0.25) is 4.96 Å². The Morgan fingerprint density at radius 2 is 2.05 bits per heavy atom. The van der Waals surface area contributed by atoms with Crippen LogP contribution in [0.3, 0.4) is 0 Å². The molecule has 0 aliphatic heterocycles. The van der Waals surface area contributed by atoms with E-state index < -0.39 is 0 Å². The molecule has 0 aliphatic rings. The van der Waals surface area contributed by atoms with E-state index in [1.807, 2.05) is 30.3 Å². The Morgan fingerprint density at radius 1 is 1.23 bits per heavy atom. The summed E-state index contributed by atoms with van der Waals surface area (Å²) >= 11 is 4.78. The third-order valence-corrected chi connectivity index (χ3v) is 4.65. The molecule has 0 saturated carbocycles. The van der Waals surface area contributed by atoms with Crippen molar-refractivity contribution in [2.75, 3.05) is 0 Å². The van der Waals surface area contributed by atoms with Crippen molar-refractivity contribution in [3.8, 4) is 22.0 Å². The molecule has 0 saturated heterocycles. The average Bonchev–Trinajstić information content (AvgIpc) is 3.22. The van der Waals surface area contributed by atoms with E-state index in [4.69, 9.17) is 4.42 Å². The fraction of sp³-hybridized carbons (Fsp3) is 0. The maximum absolute atomic E-state index is 11.5. The molecule has 0 fully saturated rings. The molecule has 22 heavy (non-hydrogen) atoms. The fourth-order valence-corrected chi connectivity index (χ4v) is 3.33. The van der Waals surface area contributed by atoms with E-state index in [1.165, 1.54) is 11.3 Å². The van der Waals surface area contributed by atoms with Gasteiger partial charge in [-0.05, 0) is 24.3 Å². The third-order valence-electron chi connectivity index (χ3n) is 3.20. The topological polar surface area (TPSA) is 60.4 Å². The van der Waals surface area contributed by atoms with Gasteiger partial charge in [-0.15, -0.1) is 0 Å². The molecule has 0 aliphatic carbocycles. The quantitative estimate of drug-likeness (QED) is 0.502. The van der Waals surface area contributed by atoms with Crippen LogP contribution in [0, 0.1) is 0 Å². The predicted octanol–water partition coefficient (Wildman–Crippen LogP) is 4.29. The first kappa shape index (κ1) is 13.4. The molecule has 0 amide bonds. The number of carbonyl (C=O) groups is 1. The highest BCUT2D eigenvalue weighted by molar-refractivity contribution is 9.10. The Bertz CT molecular complexity index is 955. The van der Waals surface area contributed by atoms with Crippen molar-refractivity contribution in [3.63, 3.8) is 0 Å². The van der Waals surface area contributed by atoms with Gasteiger partial charge in [-0.25, -0.2) is 4.98 Å². The van der Waals surface area contributed by atoms with Crippen molar-refractivity contribution in [1.29, 1.82) is 0 Å². The molecule has 0 N–H and O–H groups in total. The lowest BCUT2D eigenvalue weighted by Crippen LogP contribution is -1.93. The Hall–Kier alpha value is -2.25. The fourth-order valence-electron chi connectivity index (χ4n) is 2.19. The monoisotopic (exact) mass is 373 g/mol. The highest BCUT2D eigenvalue weighted by Crippen LogP contribution is 2.30. The van der Waals surface area contributed by atoms with Crippen LogP contribution in [-0.2, 0) is 0 Å². The van der Waals surface area contributed by atoms with Crippen LogP contribution in [0.15, 0.2) is 51.6 Å². The summed E-state index contributed by atoms with van der Waals surface area (Å²) in [6.45, 7) is 0. The van der Waals surface area contributed by atoms with Crippen LogP contribution in [-0.4, -0.2) is 20.9 Å². The van der Waals surface area contributed by atoms with Gasteiger partial charge in [0.15, 0.2) is 17.1 Å². The Kier molecular flexibility index (Phi) is 3.16. The second-order valence-electron chi connectivity index (χ2n) is 4.55. The minimum Gasteiger partial charge on any atom is -0.462 e. The summed E-state index contributed by atoms with van der Waals surface area (Å²) in [7, 11) is 0. The molecular formula is C15H8BrN3O2S. The summed E-state index contributed by atoms with van der Waals surface area (Å²) in [6, 6.07) is 11.3. The van der Waals surface area contributed by atoms with Gasteiger partial charge in [0.05, 0.1) is 6.26 Å². The molecule has 5 nitrogen and oxygen atoms in total. The maximum atomic E-state index is 11.5. The summed E-state index contributed by atoms with van der Waals surface area (Å²) < 4.78 is 7.87. The molecule has 1 aromatic carbocycles. The normalized spacial score (nSPS) is 11.1. The summed E-state index contributed by atoms with van der Waals surface area (Å²) in [5, 5.41) is 5.12. The smallest absolute Gasteiger partial charge is 0.213 e. The molecule has 0 radical (unpaired) electrons. The number of hydrogen-bond acceptors (Lipinski definition) is 5. The van der Waals surface area contributed by atoms with Crippen LogP contribution in [0.1, 0.15) is 10.5 Å². The van der Waals surface area contributed by atoms with Gasteiger partial charge >= 0.3 is 0 Å². The minimum atomic E-state index is 0.436. The van der Waals surface area contributed by atoms with Gasteiger partial charge in [0.25, 0.3) is 0 Å². The molecule has 4 rings (SSSR count). The molecule has 0 spiro atoms. The summed E-state index contributed by atoms with van der Waals surface area (Å²) in [6.07, 6.45) is 2.37. The molecule has 3 heterocycles. The van der Waals surface area contributed by atoms with E-state index in [0.29, 0.717) is 27.1 Å².